The highest BCUT2D eigenvalue weighted by Crippen LogP contribution is 2.23. The summed E-state index contributed by atoms with van der Waals surface area (Å²) in [6.45, 7) is 2.62. The number of H-pyrrole nitrogens is 1. The van der Waals surface area contributed by atoms with Gasteiger partial charge in [-0.25, -0.2) is 4.98 Å². The molecule has 0 aliphatic carbocycles. The van der Waals surface area contributed by atoms with E-state index in [0.29, 0.717) is 16.7 Å². The van der Waals surface area contributed by atoms with Gasteiger partial charge < -0.3 is 21.1 Å². The van der Waals surface area contributed by atoms with Crippen molar-refractivity contribution >= 4 is 22.4 Å². The van der Waals surface area contributed by atoms with E-state index in [9.17, 15) is 4.79 Å². The van der Waals surface area contributed by atoms with Crippen LogP contribution in [0.25, 0.3) is 11.0 Å². The number of hydrogen-bond acceptors (Lipinski definition) is 5. The van der Waals surface area contributed by atoms with E-state index in [4.69, 9.17) is 10.8 Å². The molecular weight excluding hydrogens is 256 g/mol. The molecule has 0 aliphatic heterocycles. The number of rotatable bonds is 6. The number of benzene rings is 1. The predicted octanol–water partition coefficient (Wildman–Crippen LogP) is 1.60. The third-order valence-electron chi connectivity index (χ3n) is 3.18. The van der Waals surface area contributed by atoms with Crippen molar-refractivity contribution in [2.24, 2.45) is 0 Å². The molecule has 0 spiro atoms. The fourth-order valence-electron chi connectivity index (χ4n) is 2.05. The summed E-state index contributed by atoms with van der Waals surface area (Å²) in [6.07, 6.45) is 3.41. The molecular formula is C14H20N4O2. The molecule has 0 saturated carbocycles. The summed E-state index contributed by atoms with van der Waals surface area (Å²) >= 11 is 0. The van der Waals surface area contributed by atoms with E-state index < -0.39 is 0 Å². The Labute approximate surface area is 117 Å². The molecule has 0 atom stereocenters. The maximum Gasteiger partial charge on any atom is 0.272 e. The molecule has 2 rings (SSSR count). The SMILES string of the molecule is CCCCCNc1cc2nc(CO)c(=O)[nH]c2cc1N. The molecule has 6 heteroatoms. The van der Waals surface area contributed by atoms with Crippen molar-refractivity contribution in [1.29, 1.82) is 0 Å². The summed E-state index contributed by atoms with van der Waals surface area (Å²) in [4.78, 5) is 18.4. The number of aliphatic hydroxyl groups excluding tert-OH is 1. The van der Waals surface area contributed by atoms with Crippen LogP contribution in [0.1, 0.15) is 31.9 Å². The van der Waals surface area contributed by atoms with Crippen molar-refractivity contribution in [1.82, 2.24) is 9.97 Å². The first-order chi connectivity index (χ1) is 9.65. The summed E-state index contributed by atoms with van der Waals surface area (Å²) in [5.74, 6) is 0. The number of nitrogen functional groups attached to an aromatic ring is 1. The Morgan fingerprint density at radius 1 is 1.40 bits per heavy atom. The van der Waals surface area contributed by atoms with E-state index in [1.807, 2.05) is 0 Å². The first-order valence-corrected chi connectivity index (χ1v) is 6.83. The molecule has 0 bridgehead atoms. The Morgan fingerprint density at radius 2 is 2.20 bits per heavy atom. The molecule has 0 fully saturated rings. The van der Waals surface area contributed by atoms with Gasteiger partial charge in [-0.1, -0.05) is 19.8 Å². The van der Waals surface area contributed by atoms with Gasteiger partial charge in [-0.2, -0.15) is 0 Å². The van der Waals surface area contributed by atoms with Gasteiger partial charge in [0.05, 0.1) is 29.0 Å². The van der Waals surface area contributed by atoms with Gasteiger partial charge in [-0.15, -0.1) is 0 Å². The molecule has 1 aromatic heterocycles. The lowest BCUT2D eigenvalue weighted by molar-refractivity contribution is 0.275. The highest BCUT2D eigenvalue weighted by atomic mass is 16.3. The predicted molar refractivity (Wildman–Crippen MR) is 80.7 cm³/mol. The number of hydrogen-bond donors (Lipinski definition) is 4. The monoisotopic (exact) mass is 276 g/mol. The summed E-state index contributed by atoms with van der Waals surface area (Å²) in [5.41, 5.74) is 8.24. The van der Waals surface area contributed by atoms with Crippen LogP contribution in [-0.4, -0.2) is 21.6 Å². The van der Waals surface area contributed by atoms with Gasteiger partial charge in [0, 0.05) is 6.54 Å². The second-order valence-electron chi connectivity index (χ2n) is 4.76. The fraction of sp³-hybridized carbons (Fsp3) is 0.429. The summed E-state index contributed by atoms with van der Waals surface area (Å²) in [7, 11) is 0. The number of anilines is 2. The Balaban J connectivity index is 2.30. The Morgan fingerprint density at radius 3 is 2.90 bits per heavy atom. The lowest BCUT2D eigenvalue weighted by Crippen LogP contribution is -2.15. The zero-order chi connectivity index (χ0) is 14.5. The van der Waals surface area contributed by atoms with Gasteiger partial charge in [0.25, 0.3) is 5.56 Å². The van der Waals surface area contributed by atoms with Crippen LogP contribution >= 0.6 is 0 Å². The maximum atomic E-state index is 11.6. The molecule has 20 heavy (non-hydrogen) atoms. The third kappa shape index (κ3) is 3.08. The largest absolute Gasteiger partial charge is 0.397 e. The zero-order valence-electron chi connectivity index (χ0n) is 11.6. The molecule has 0 amide bonds. The minimum atomic E-state index is -0.386. The zero-order valence-corrected chi connectivity index (χ0v) is 11.6. The number of aromatic amines is 1. The molecule has 1 heterocycles. The molecule has 6 nitrogen and oxygen atoms in total. The van der Waals surface area contributed by atoms with Crippen molar-refractivity contribution in [3.63, 3.8) is 0 Å². The van der Waals surface area contributed by atoms with E-state index in [1.165, 1.54) is 6.42 Å². The Hall–Kier alpha value is -2.08. The third-order valence-corrected chi connectivity index (χ3v) is 3.18. The quantitative estimate of drug-likeness (QED) is 0.474. The number of nitrogens with zero attached hydrogens (tertiary/aromatic N) is 1. The lowest BCUT2D eigenvalue weighted by Gasteiger charge is -2.10. The van der Waals surface area contributed by atoms with Crippen LogP contribution in [0.3, 0.4) is 0 Å². The number of aliphatic hydroxyl groups is 1. The Kier molecular flexibility index (Phi) is 4.57. The van der Waals surface area contributed by atoms with E-state index in [0.717, 1.165) is 25.1 Å². The number of nitrogens with two attached hydrogens (primary N) is 1. The molecule has 2 aromatic rings. The molecule has 5 N–H and O–H groups in total. The topological polar surface area (TPSA) is 104 Å². The lowest BCUT2D eigenvalue weighted by atomic mass is 10.2. The van der Waals surface area contributed by atoms with Crippen LogP contribution in [0.2, 0.25) is 0 Å². The average molecular weight is 276 g/mol. The molecule has 1 aromatic carbocycles. The number of unbranched alkanes of at least 4 members (excludes halogenated alkanes) is 2. The Bertz CT molecular complexity index is 651. The van der Waals surface area contributed by atoms with E-state index in [1.54, 1.807) is 12.1 Å². The highest BCUT2D eigenvalue weighted by Gasteiger charge is 2.07. The van der Waals surface area contributed by atoms with E-state index in [-0.39, 0.29) is 17.9 Å². The summed E-state index contributed by atoms with van der Waals surface area (Å²) < 4.78 is 0. The normalized spacial score (nSPS) is 10.9. The van der Waals surface area contributed by atoms with Crippen LogP contribution in [0.15, 0.2) is 16.9 Å². The highest BCUT2D eigenvalue weighted by molar-refractivity contribution is 5.86. The molecule has 0 saturated heterocycles. The number of fused-ring (bicyclic) bond motifs is 1. The first kappa shape index (κ1) is 14.3. The second-order valence-corrected chi connectivity index (χ2v) is 4.76. The van der Waals surface area contributed by atoms with Crippen LogP contribution in [0, 0.1) is 0 Å². The summed E-state index contributed by atoms with van der Waals surface area (Å²) in [5, 5.41) is 12.4. The second kappa shape index (κ2) is 6.38. The van der Waals surface area contributed by atoms with Gasteiger partial charge in [0.15, 0.2) is 0 Å². The first-order valence-electron chi connectivity index (χ1n) is 6.83. The van der Waals surface area contributed by atoms with Crippen LogP contribution in [0.5, 0.6) is 0 Å². The van der Waals surface area contributed by atoms with Crippen molar-refractivity contribution in [3.05, 3.63) is 28.2 Å². The standard InChI is InChI=1S/C14H20N4O2/c1-2-3-4-5-16-10-7-12-11(6-9(10)15)18-14(20)13(8-19)17-12/h6-7,16,19H,2-5,8,15H2,1H3,(H,18,20). The minimum absolute atomic E-state index is 0.110. The van der Waals surface area contributed by atoms with Crippen LogP contribution in [-0.2, 0) is 6.61 Å². The maximum absolute atomic E-state index is 11.6. The van der Waals surface area contributed by atoms with Gasteiger partial charge >= 0.3 is 0 Å². The summed E-state index contributed by atoms with van der Waals surface area (Å²) in [6, 6.07) is 3.48. The molecule has 0 radical (unpaired) electrons. The van der Waals surface area contributed by atoms with Gasteiger partial charge in [0.2, 0.25) is 0 Å². The van der Waals surface area contributed by atoms with Gasteiger partial charge in [0.1, 0.15) is 5.69 Å². The van der Waals surface area contributed by atoms with Gasteiger partial charge in [-0.3, -0.25) is 4.79 Å². The number of aromatic nitrogens is 2. The van der Waals surface area contributed by atoms with Crippen molar-refractivity contribution in [3.8, 4) is 0 Å². The minimum Gasteiger partial charge on any atom is -0.397 e. The van der Waals surface area contributed by atoms with E-state index >= 15 is 0 Å². The smallest absolute Gasteiger partial charge is 0.272 e. The molecule has 0 unspecified atom stereocenters. The average Bonchev–Trinajstić information content (AvgIpc) is 2.43. The van der Waals surface area contributed by atoms with Crippen molar-refractivity contribution in [2.75, 3.05) is 17.6 Å². The van der Waals surface area contributed by atoms with Crippen LogP contribution in [0.4, 0.5) is 11.4 Å². The number of nitrogens with one attached hydrogen (secondary N) is 2. The van der Waals surface area contributed by atoms with Gasteiger partial charge in [-0.05, 0) is 18.6 Å². The molecule has 108 valence electrons. The fourth-order valence-corrected chi connectivity index (χ4v) is 2.05. The van der Waals surface area contributed by atoms with Crippen molar-refractivity contribution in [2.45, 2.75) is 32.8 Å². The van der Waals surface area contributed by atoms with Crippen LogP contribution < -0.4 is 16.6 Å². The molecule has 0 aliphatic rings. The van der Waals surface area contributed by atoms with E-state index in [2.05, 4.69) is 22.2 Å². The van der Waals surface area contributed by atoms with Crippen molar-refractivity contribution < 1.29 is 5.11 Å².